The number of carboxylic acids is 1. The molecule has 0 saturated heterocycles. The fourth-order valence-electron chi connectivity index (χ4n) is 1.73. The van der Waals surface area contributed by atoms with Gasteiger partial charge in [-0.3, -0.25) is 10.1 Å². The van der Waals surface area contributed by atoms with Crippen LogP contribution in [0.1, 0.15) is 23.7 Å². The number of carbonyl (C=O) groups is 1. The van der Waals surface area contributed by atoms with E-state index < -0.39 is 10.9 Å². The summed E-state index contributed by atoms with van der Waals surface area (Å²) in [5, 5.41) is 19.9. The first kappa shape index (κ1) is 14.5. The fourth-order valence-corrected chi connectivity index (χ4v) is 1.73. The minimum atomic E-state index is -1.20. The van der Waals surface area contributed by atoms with Gasteiger partial charge in [-0.25, -0.2) is 4.79 Å². The van der Waals surface area contributed by atoms with Crippen molar-refractivity contribution >= 4 is 17.3 Å². The van der Waals surface area contributed by atoms with Gasteiger partial charge in [-0.2, -0.15) is 0 Å². The molecule has 0 aromatic heterocycles. The lowest BCUT2D eigenvalue weighted by atomic mass is 10.1. The molecule has 0 radical (unpaired) electrons. The molecule has 1 aromatic rings. The van der Waals surface area contributed by atoms with Crippen molar-refractivity contribution in [2.45, 2.75) is 13.3 Å². The van der Waals surface area contributed by atoms with Gasteiger partial charge in [0, 0.05) is 12.6 Å². The van der Waals surface area contributed by atoms with Gasteiger partial charge in [0.15, 0.2) is 0 Å². The molecular formula is C13H14N2O4. The molecule has 1 rings (SSSR count). The van der Waals surface area contributed by atoms with Gasteiger partial charge < -0.3 is 10.0 Å². The highest BCUT2D eigenvalue weighted by Crippen LogP contribution is 2.29. The van der Waals surface area contributed by atoms with Gasteiger partial charge in [-0.15, -0.1) is 6.42 Å². The minimum absolute atomic E-state index is 0.118. The molecule has 0 aliphatic heterocycles. The van der Waals surface area contributed by atoms with Crippen LogP contribution >= 0.6 is 0 Å². The Balaban J connectivity index is 3.29. The lowest BCUT2D eigenvalue weighted by Crippen LogP contribution is -2.25. The zero-order valence-electron chi connectivity index (χ0n) is 10.5. The molecule has 0 unspecified atom stereocenters. The van der Waals surface area contributed by atoms with Crippen LogP contribution in [0.15, 0.2) is 18.2 Å². The SMILES string of the molecule is C#CCN(CCC)c1ccc(C(=O)O)cc1[N+](=O)[O-]. The fraction of sp³-hybridized carbons (Fsp3) is 0.308. The van der Waals surface area contributed by atoms with Crippen LogP contribution in [0.25, 0.3) is 0 Å². The van der Waals surface area contributed by atoms with Crippen LogP contribution in [-0.2, 0) is 0 Å². The van der Waals surface area contributed by atoms with E-state index >= 15 is 0 Å². The van der Waals surface area contributed by atoms with Crippen LogP contribution in [-0.4, -0.2) is 29.1 Å². The average Bonchev–Trinajstić information content (AvgIpc) is 2.37. The zero-order valence-corrected chi connectivity index (χ0v) is 10.5. The molecule has 19 heavy (non-hydrogen) atoms. The second-order valence-corrected chi connectivity index (χ2v) is 3.89. The Bertz CT molecular complexity index is 534. The molecular weight excluding hydrogens is 248 g/mol. The van der Waals surface area contributed by atoms with E-state index in [1.807, 2.05) is 6.92 Å². The molecule has 0 heterocycles. The lowest BCUT2D eigenvalue weighted by Gasteiger charge is -2.21. The molecule has 1 aromatic carbocycles. The van der Waals surface area contributed by atoms with Crippen molar-refractivity contribution < 1.29 is 14.8 Å². The first-order valence-electron chi connectivity index (χ1n) is 5.71. The van der Waals surface area contributed by atoms with Crippen LogP contribution in [0.5, 0.6) is 0 Å². The van der Waals surface area contributed by atoms with Crippen LogP contribution in [0.4, 0.5) is 11.4 Å². The standard InChI is InChI=1S/C13H14N2O4/c1-3-7-14(8-4-2)11-6-5-10(13(16)17)9-12(11)15(18)19/h1,5-6,9H,4,7-8H2,2H3,(H,16,17). The second-order valence-electron chi connectivity index (χ2n) is 3.89. The Labute approximate surface area is 110 Å². The third-order valence-electron chi connectivity index (χ3n) is 2.54. The Morgan fingerprint density at radius 2 is 2.26 bits per heavy atom. The smallest absolute Gasteiger partial charge is 0.335 e. The van der Waals surface area contributed by atoms with Crippen molar-refractivity contribution in [3.8, 4) is 12.3 Å². The number of nitro groups is 1. The van der Waals surface area contributed by atoms with E-state index in [9.17, 15) is 14.9 Å². The van der Waals surface area contributed by atoms with E-state index in [-0.39, 0.29) is 17.8 Å². The van der Waals surface area contributed by atoms with E-state index in [2.05, 4.69) is 5.92 Å². The first-order valence-corrected chi connectivity index (χ1v) is 5.71. The maximum Gasteiger partial charge on any atom is 0.335 e. The van der Waals surface area contributed by atoms with E-state index in [0.717, 1.165) is 12.5 Å². The Hall–Kier alpha value is -2.55. The number of nitro benzene ring substituents is 1. The third kappa shape index (κ3) is 3.45. The summed E-state index contributed by atoms with van der Waals surface area (Å²) in [6.45, 7) is 2.74. The van der Waals surface area contributed by atoms with Crippen LogP contribution in [0.2, 0.25) is 0 Å². The van der Waals surface area contributed by atoms with Gasteiger partial charge >= 0.3 is 5.97 Å². The molecule has 0 fully saturated rings. The summed E-state index contributed by atoms with van der Waals surface area (Å²) >= 11 is 0. The largest absolute Gasteiger partial charge is 0.478 e. The van der Waals surface area contributed by atoms with Crippen LogP contribution in [0.3, 0.4) is 0 Å². The number of anilines is 1. The molecule has 1 N–H and O–H groups in total. The van der Waals surface area contributed by atoms with Gasteiger partial charge in [0.2, 0.25) is 0 Å². The predicted octanol–water partition coefficient (Wildman–Crippen LogP) is 2.14. The third-order valence-corrected chi connectivity index (χ3v) is 2.54. The maximum atomic E-state index is 11.0. The first-order chi connectivity index (χ1) is 9.01. The summed E-state index contributed by atoms with van der Waals surface area (Å²) in [5.41, 5.74) is -0.0222. The molecule has 0 bridgehead atoms. The van der Waals surface area contributed by atoms with E-state index in [0.29, 0.717) is 12.2 Å². The maximum absolute atomic E-state index is 11.0. The molecule has 100 valence electrons. The van der Waals surface area contributed by atoms with E-state index in [1.54, 1.807) is 4.90 Å². The van der Waals surface area contributed by atoms with E-state index in [4.69, 9.17) is 11.5 Å². The molecule has 0 aliphatic carbocycles. The molecule has 0 saturated carbocycles. The number of hydrogen-bond acceptors (Lipinski definition) is 4. The normalized spacial score (nSPS) is 9.68. The zero-order chi connectivity index (χ0) is 14.4. The number of carboxylic acid groups (broad SMARTS) is 1. The Morgan fingerprint density at radius 3 is 2.74 bits per heavy atom. The monoisotopic (exact) mass is 262 g/mol. The lowest BCUT2D eigenvalue weighted by molar-refractivity contribution is -0.384. The van der Waals surface area contributed by atoms with Gasteiger partial charge in [0.25, 0.3) is 5.69 Å². The molecule has 0 atom stereocenters. The minimum Gasteiger partial charge on any atom is -0.478 e. The van der Waals surface area contributed by atoms with Crippen molar-refractivity contribution in [1.82, 2.24) is 0 Å². The highest BCUT2D eigenvalue weighted by atomic mass is 16.6. The van der Waals surface area contributed by atoms with E-state index in [1.165, 1.54) is 12.1 Å². The molecule has 0 aliphatic rings. The number of aromatic carboxylic acids is 1. The molecule has 0 amide bonds. The summed E-state index contributed by atoms with van der Waals surface area (Å²) in [7, 11) is 0. The highest BCUT2D eigenvalue weighted by molar-refractivity contribution is 5.89. The average molecular weight is 262 g/mol. The predicted molar refractivity (Wildman–Crippen MR) is 71.4 cm³/mol. The van der Waals surface area contributed by atoms with Gasteiger partial charge in [0.1, 0.15) is 5.69 Å². The quantitative estimate of drug-likeness (QED) is 0.482. The number of terminal acetylenes is 1. The Morgan fingerprint density at radius 1 is 1.58 bits per heavy atom. The summed E-state index contributed by atoms with van der Waals surface area (Å²) < 4.78 is 0. The highest BCUT2D eigenvalue weighted by Gasteiger charge is 2.20. The topological polar surface area (TPSA) is 83.7 Å². The second kappa shape index (κ2) is 6.40. The van der Waals surface area contributed by atoms with Gasteiger partial charge in [-0.05, 0) is 18.6 Å². The van der Waals surface area contributed by atoms with Crippen LogP contribution in [0, 0.1) is 22.5 Å². The number of rotatable bonds is 6. The number of hydrogen-bond donors (Lipinski definition) is 1. The van der Waals surface area contributed by atoms with Crippen molar-refractivity contribution in [1.29, 1.82) is 0 Å². The van der Waals surface area contributed by atoms with Crippen molar-refractivity contribution in [3.05, 3.63) is 33.9 Å². The molecule has 6 heteroatoms. The molecule has 0 spiro atoms. The summed E-state index contributed by atoms with van der Waals surface area (Å²) in [6, 6.07) is 3.81. The van der Waals surface area contributed by atoms with Gasteiger partial charge in [-0.1, -0.05) is 12.8 Å². The molecule has 6 nitrogen and oxygen atoms in total. The Kier molecular flexibility index (Phi) is 4.89. The number of nitrogens with zero attached hydrogens (tertiary/aromatic N) is 2. The van der Waals surface area contributed by atoms with Crippen molar-refractivity contribution in [2.24, 2.45) is 0 Å². The van der Waals surface area contributed by atoms with Crippen molar-refractivity contribution in [3.63, 3.8) is 0 Å². The summed E-state index contributed by atoms with van der Waals surface area (Å²) in [5.74, 6) is 1.24. The van der Waals surface area contributed by atoms with Crippen molar-refractivity contribution in [2.75, 3.05) is 18.0 Å². The summed E-state index contributed by atoms with van der Waals surface area (Å²) in [6.07, 6.45) is 6.02. The number of benzene rings is 1. The summed E-state index contributed by atoms with van der Waals surface area (Å²) in [4.78, 5) is 23.0. The van der Waals surface area contributed by atoms with Gasteiger partial charge in [0.05, 0.1) is 17.0 Å². The van der Waals surface area contributed by atoms with Crippen LogP contribution < -0.4 is 4.90 Å².